The van der Waals surface area contributed by atoms with Crippen LogP contribution in [-0.4, -0.2) is 119 Å². The lowest BCUT2D eigenvalue weighted by Crippen LogP contribution is -2.31. The number of anilines is 1. The number of aryl methyl sites for hydroxylation is 1. The van der Waals surface area contributed by atoms with E-state index in [-0.39, 0.29) is 93.4 Å². The van der Waals surface area contributed by atoms with Gasteiger partial charge in [-0.05, 0) is 88.1 Å². The van der Waals surface area contributed by atoms with Crippen LogP contribution in [0.5, 0.6) is 11.5 Å². The SMILES string of the molecule is CC(C)(C)OC(=O)CCCCCCCCCc1cc(Oc2ccc(S(=O)(=O)Nc3ncc(C(=O)NCCOCCOCC(=O)NCCOCCOCC(=O)O)cn3)cc2)ccc1F. The van der Waals surface area contributed by atoms with E-state index in [1.54, 1.807) is 6.07 Å². The molecule has 0 atom stereocenters. The number of carboxylic acids is 1. The number of hydrogen-bond donors (Lipinski definition) is 4. The molecule has 63 heavy (non-hydrogen) atoms. The Hall–Kier alpha value is -5.28. The molecule has 3 aromatic rings. The third-order valence-corrected chi connectivity index (χ3v) is 9.92. The molecule has 0 saturated carbocycles. The molecule has 0 aliphatic rings. The summed E-state index contributed by atoms with van der Waals surface area (Å²) in [7, 11) is -4.09. The van der Waals surface area contributed by atoms with Crippen molar-refractivity contribution in [2.45, 2.75) is 89.1 Å². The molecule has 0 radical (unpaired) electrons. The summed E-state index contributed by atoms with van der Waals surface area (Å²) in [6.45, 7) is 6.45. The number of benzene rings is 2. The molecule has 0 fully saturated rings. The molecule has 20 heteroatoms. The number of ether oxygens (including phenoxy) is 6. The number of unbranched alkanes of at least 4 members (excludes halogenated alkanes) is 6. The van der Waals surface area contributed by atoms with Gasteiger partial charge < -0.3 is 44.2 Å². The third-order valence-electron chi connectivity index (χ3n) is 8.58. The van der Waals surface area contributed by atoms with Gasteiger partial charge in [-0.3, -0.25) is 14.4 Å². The summed E-state index contributed by atoms with van der Waals surface area (Å²) in [5.41, 5.74) is 0.164. The van der Waals surface area contributed by atoms with E-state index in [2.05, 4.69) is 25.3 Å². The van der Waals surface area contributed by atoms with Crippen molar-refractivity contribution in [3.63, 3.8) is 0 Å². The zero-order valence-electron chi connectivity index (χ0n) is 36.2. The number of aliphatic carboxylic acids is 1. The summed E-state index contributed by atoms with van der Waals surface area (Å²) in [5, 5.41) is 13.7. The molecule has 4 N–H and O–H groups in total. The molecule has 3 rings (SSSR count). The van der Waals surface area contributed by atoms with Gasteiger partial charge in [0.2, 0.25) is 11.9 Å². The molecule has 2 aromatic carbocycles. The van der Waals surface area contributed by atoms with E-state index in [9.17, 15) is 32.0 Å². The van der Waals surface area contributed by atoms with Crippen molar-refractivity contribution in [1.82, 2.24) is 20.6 Å². The van der Waals surface area contributed by atoms with Crippen LogP contribution in [0.2, 0.25) is 0 Å². The lowest BCUT2D eigenvalue weighted by Gasteiger charge is -2.19. The quantitative estimate of drug-likeness (QED) is 0.0465. The van der Waals surface area contributed by atoms with Gasteiger partial charge in [-0.25, -0.2) is 32.3 Å². The maximum atomic E-state index is 14.6. The monoisotopic (exact) mass is 905 g/mol. The highest BCUT2D eigenvalue weighted by molar-refractivity contribution is 7.92. The molecule has 1 heterocycles. The molecular formula is C43H60FN5O13S. The Morgan fingerprint density at radius 3 is 1.92 bits per heavy atom. The molecule has 348 valence electrons. The van der Waals surface area contributed by atoms with E-state index in [0.29, 0.717) is 29.9 Å². The Labute approximate surface area is 368 Å². The van der Waals surface area contributed by atoms with E-state index in [4.69, 9.17) is 33.5 Å². The molecule has 1 aromatic heterocycles. The van der Waals surface area contributed by atoms with Gasteiger partial charge in [0.05, 0.1) is 50.1 Å². The number of amides is 2. The Morgan fingerprint density at radius 1 is 0.714 bits per heavy atom. The molecule has 0 aliphatic heterocycles. The van der Waals surface area contributed by atoms with Crippen LogP contribution in [0, 0.1) is 5.82 Å². The van der Waals surface area contributed by atoms with E-state index in [1.165, 1.54) is 48.8 Å². The molecule has 0 aliphatic carbocycles. The van der Waals surface area contributed by atoms with Crippen LogP contribution in [0.15, 0.2) is 59.8 Å². The van der Waals surface area contributed by atoms with Crippen molar-refractivity contribution >= 4 is 39.7 Å². The zero-order chi connectivity index (χ0) is 45.9. The van der Waals surface area contributed by atoms with Crippen LogP contribution >= 0.6 is 0 Å². The normalized spacial score (nSPS) is 11.5. The van der Waals surface area contributed by atoms with Crippen LogP contribution in [0.4, 0.5) is 10.3 Å². The largest absolute Gasteiger partial charge is 0.480 e. The molecule has 0 bridgehead atoms. The van der Waals surface area contributed by atoms with Gasteiger partial charge >= 0.3 is 11.9 Å². The molecule has 0 unspecified atom stereocenters. The molecule has 2 amide bonds. The Morgan fingerprint density at radius 2 is 1.29 bits per heavy atom. The molecule has 18 nitrogen and oxygen atoms in total. The summed E-state index contributed by atoms with van der Waals surface area (Å²) in [4.78, 5) is 54.2. The van der Waals surface area contributed by atoms with Gasteiger partial charge in [0, 0.05) is 31.9 Å². The van der Waals surface area contributed by atoms with Crippen molar-refractivity contribution in [3.8, 4) is 11.5 Å². The Bertz CT molecular complexity index is 1970. The van der Waals surface area contributed by atoms with Gasteiger partial charge in [-0.15, -0.1) is 0 Å². The van der Waals surface area contributed by atoms with Gasteiger partial charge in [0.15, 0.2) is 0 Å². The van der Waals surface area contributed by atoms with Crippen molar-refractivity contribution in [3.05, 3.63) is 71.8 Å². The lowest BCUT2D eigenvalue weighted by atomic mass is 10.0. The summed E-state index contributed by atoms with van der Waals surface area (Å²) in [6, 6.07) is 10.2. The predicted molar refractivity (Wildman–Crippen MR) is 228 cm³/mol. The first-order valence-electron chi connectivity index (χ1n) is 20.8. The number of hydrogen-bond acceptors (Lipinski definition) is 14. The highest BCUT2D eigenvalue weighted by atomic mass is 32.2. The minimum Gasteiger partial charge on any atom is -0.480 e. The highest BCUT2D eigenvalue weighted by Gasteiger charge is 2.18. The predicted octanol–water partition coefficient (Wildman–Crippen LogP) is 5.21. The van der Waals surface area contributed by atoms with E-state index in [1.807, 2.05) is 20.8 Å². The first kappa shape index (κ1) is 52.1. The topological polar surface area (TPSA) is 240 Å². The summed E-state index contributed by atoms with van der Waals surface area (Å²) in [6.07, 6.45) is 9.97. The van der Waals surface area contributed by atoms with Crippen molar-refractivity contribution in [1.29, 1.82) is 0 Å². The number of carbonyl (C=O) groups is 4. The zero-order valence-corrected chi connectivity index (χ0v) is 37.0. The molecule has 0 saturated heterocycles. The number of carboxylic acid groups (broad SMARTS) is 1. The maximum absolute atomic E-state index is 14.6. The number of nitrogens with zero attached hydrogens (tertiary/aromatic N) is 2. The minimum absolute atomic E-state index is 0.0853. The average molecular weight is 906 g/mol. The maximum Gasteiger partial charge on any atom is 0.329 e. The van der Waals surface area contributed by atoms with Crippen molar-refractivity contribution in [2.24, 2.45) is 0 Å². The van der Waals surface area contributed by atoms with Gasteiger partial charge in [-0.1, -0.05) is 32.1 Å². The number of carbonyl (C=O) groups excluding carboxylic acids is 3. The average Bonchev–Trinajstić information content (AvgIpc) is 3.22. The number of nitrogens with one attached hydrogen (secondary N) is 3. The van der Waals surface area contributed by atoms with Crippen LogP contribution in [0.3, 0.4) is 0 Å². The van der Waals surface area contributed by atoms with Crippen molar-refractivity contribution < 1.29 is 65.5 Å². The second-order valence-corrected chi connectivity index (χ2v) is 16.8. The highest BCUT2D eigenvalue weighted by Crippen LogP contribution is 2.26. The number of aromatic nitrogens is 2. The summed E-state index contributed by atoms with van der Waals surface area (Å²) < 4.78 is 74.8. The van der Waals surface area contributed by atoms with Crippen molar-refractivity contribution in [2.75, 3.05) is 70.7 Å². The van der Waals surface area contributed by atoms with Gasteiger partial charge in [-0.2, -0.15) is 0 Å². The van der Waals surface area contributed by atoms with E-state index >= 15 is 0 Å². The van der Waals surface area contributed by atoms with E-state index < -0.39 is 34.1 Å². The smallest absolute Gasteiger partial charge is 0.329 e. The van der Waals surface area contributed by atoms with E-state index in [0.717, 1.165) is 44.9 Å². The molecular weight excluding hydrogens is 846 g/mol. The fraction of sp³-hybridized carbons (Fsp3) is 0.535. The fourth-order valence-electron chi connectivity index (χ4n) is 5.58. The van der Waals surface area contributed by atoms with Crippen LogP contribution < -0.4 is 20.1 Å². The molecule has 0 spiro atoms. The number of sulfonamides is 1. The minimum atomic E-state index is -4.09. The van der Waals surface area contributed by atoms with Gasteiger partial charge in [0.1, 0.15) is 36.1 Å². The first-order chi connectivity index (χ1) is 30.1. The third kappa shape index (κ3) is 23.1. The number of esters is 1. The first-order valence-corrected chi connectivity index (χ1v) is 22.3. The Balaban J connectivity index is 1.28. The van der Waals surface area contributed by atoms with Crippen LogP contribution in [0.1, 0.15) is 88.1 Å². The summed E-state index contributed by atoms with van der Waals surface area (Å²) >= 11 is 0. The second-order valence-electron chi connectivity index (χ2n) is 15.1. The standard InChI is InChI=1S/C43H60FN5O13S/c1-43(2,3)62-40(53)12-10-8-6-4-5-7-9-11-32-27-35(15-18-37(32)44)61-34-13-16-36(17-14-34)63(55,56)49-42-47-28-33(29-48-42)41(54)46-20-22-58-23-25-59-30-38(50)45-19-21-57-24-26-60-31-39(51)52/h13-18,27-29H,4-12,19-26,30-31H2,1-3H3,(H,45,50)(H,46,54)(H,51,52)(H,47,48,49). The van der Waals surface area contributed by atoms with Gasteiger partial charge in [0.25, 0.3) is 15.9 Å². The van der Waals surface area contributed by atoms with Crippen LogP contribution in [-0.2, 0) is 54.5 Å². The second kappa shape index (κ2) is 28.4. The fourth-order valence-corrected chi connectivity index (χ4v) is 6.54. The van der Waals surface area contributed by atoms with Crippen LogP contribution in [0.25, 0.3) is 0 Å². The number of halogens is 1. The number of rotatable bonds is 32. The Kier molecular flexibility index (Phi) is 23.5. The lowest BCUT2D eigenvalue weighted by molar-refractivity contribution is -0.155. The summed E-state index contributed by atoms with van der Waals surface area (Å²) in [5.74, 6) is -1.87.